The molecule has 0 spiro atoms. The predicted octanol–water partition coefficient (Wildman–Crippen LogP) is 5.65. The van der Waals surface area contributed by atoms with Gasteiger partial charge < -0.3 is 10.6 Å². The van der Waals surface area contributed by atoms with E-state index < -0.39 is 11.8 Å². The smallest absolute Gasteiger partial charge is 0.257 e. The second-order valence-electron chi connectivity index (χ2n) is 7.06. The Morgan fingerprint density at radius 1 is 0.727 bits per heavy atom. The van der Waals surface area contributed by atoms with Gasteiger partial charge in [-0.2, -0.15) is 0 Å². The van der Waals surface area contributed by atoms with Crippen molar-refractivity contribution >= 4 is 46.4 Å². The van der Waals surface area contributed by atoms with Gasteiger partial charge in [-0.05, 0) is 72.8 Å². The topological polar surface area (TPSA) is 80.2 Å². The van der Waals surface area contributed by atoms with E-state index in [1.807, 2.05) is 0 Å². The van der Waals surface area contributed by atoms with Gasteiger partial charge in [0.15, 0.2) is 0 Å². The lowest BCUT2D eigenvalue weighted by Crippen LogP contribution is -2.18. The van der Waals surface area contributed by atoms with E-state index in [9.17, 15) is 14.4 Å². The molecule has 0 radical (unpaired) electrons. The Morgan fingerprint density at radius 2 is 1.42 bits per heavy atom. The lowest BCUT2D eigenvalue weighted by Gasteiger charge is -2.13. The van der Waals surface area contributed by atoms with Crippen LogP contribution in [0.4, 0.5) is 11.4 Å². The van der Waals surface area contributed by atoms with Crippen LogP contribution in [-0.2, 0) is 0 Å². The molecule has 0 atom stereocenters. The van der Waals surface area contributed by atoms with Crippen LogP contribution >= 0.6 is 23.2 Å². The Bertz CT molecular complexity index is 1380. The van der Waals surface area contributed by atoms with Crippen LogP contribution in [0.15, 0.2) is 95.9 Å². The zero-order chi connectivity index (χ0) is 23.4. The third-order valence-corrected chi connectivity index (χ3v) is 5.29. The molecule has 0 saturated carbocycles. The van der Waals surface area contributed by atoms with Gasteiger partial charge in [0.05, 0.1) is 11.3 Å². The number of nitrogens with one attached hydrogen (secondary N) is 2. The van der Waals surface area contributed by atoms with Crippen molar-refractivity contribution in [3.63, 3.8) is 0 Å². The van der Waals surface area contributed by atoms with Gasteiger partial charge in [0.25, 0.3) is 17.4 Å². The number of rotatable bonds is 5. The number of anilines is 2. The minimum absolute atomic E-state index is 0.156. The first kappa shape index (κ1) is 22.3. The molecule has 0 aliphatic heterocycles. The first-order valence-corrected chi connectivity index (χ1v) is 10.6. The quantitative estimate of drug-likeness (QED) is 0.389. The number of amides is 2. The average molecular weight is 478 g/mol. The highest BCUT2D eigenvalue weighted by atomic mass is 35.5. The van der Waals surface area contributed by atoms with Crippen LogP contribution in [0.1, 0.15) is 20.7 Å². The number of nitrogens with zero attached hydrogens (tertiary/aromatic N) is 1. The zero-order valence-electron chi connectivity index (χ0n) is 17.1. The van der Waals surface area contributed by atoms with E-state index >= 15 is 0 Å². The van der Waals surface area contributed by atoms with Crippen LogP contribution in [-0.4, -0.2) is 16.4 Å². The molecule has 164 valence electrons. The van der Waals surface area contributed by atoms with Crippen molar-refractivity contribution in [3.05, 3.63) is 123 Å². The molecule has 4 aromatic rings. The summed E-state index contributed by atoms with van der Waals surface area (Å²) < 4.78 is 1.50. The van der Waals surface area contributed by atoms with Crippen LogP contribution in [0.3, 0.4) is 0 Å². The van der Waals surface area contributed by atoms with Crippen LogP contribution in [0, 0.1) is 0 Å². The summed E-state index contributed by atoms with van der Waals surface area (Å²) in [6.45, 7) is 0. The first-order chi connectivity index (χ1) is 15.9. The Hall–Kier alpha value is -3.87. The summed E-state index contributed by atoms with van der Waals surface area (Å²) in [5.41, 5.74) is 1.94. The largest absolute Gasteiger partial charge is 0.322 e. The van der Waals surface area contributed by atoms with Gasteiger partial charge in [0.2, 0.25) is 0 Å². The fourth-order valence-electron chi connectivity index (χ4n) is 3.16. The van der Waals surface area contributed by atoms with Crippen molar-refractivity contribution in [1.29, 1.82) is 0 Å². The molecule has 0 bridgehead atoms. The second-order valence-corrected chi connectivity index (χ2v) is 7.93. The summed E-state index contributed by atoms with van der Waals surface area (Å²) in [5, 5.41) is 6.40. The number of aromatic nitrogens is 1. The Morgan fingerprint density at radius 3 is 2.12 bits per heavy atom. The maximum Gasteiger partial charge on any atom is 0.257 e. The number of carbonyl (C=O) groups excluding carboxylic acids is 2. The van der Waals surface area contributed by atoms with E-state index in [4.69, 9.17) is 23.2 Å². The lowest BCUT2D eigenvalue weighted by molar-refractivity contribution is 0.102. The number of hydrogen-bond donors (Lipinski definition) is 2. The highest BCUT2D eigenvalue weighted by Gasteiger charge is 2.16. The number of benzene rings is 3. The summed E-state index contributed by atoms with van der Waals surface area (Å²) >= 11 is 12.0. The van der Waals surface area contributed by atoms with Gasteiger partial charge >= 0.3 is 0 Å². The molecule has 0 aliphatic carbocycles. The van der Waals surface area contributed by atoms with Crippen LogP contribution in [0.25, 0.3) is 5.69 Å². The molecule has 0 saturated heterocycles. The molecule has 3 aromatic carbocycles. The number of halogens is 2. The van der Waals surface area contributed by atoms with Crippen LogP contribution in [0.5, 0.6) is 0 Å². The van der Waals surface area contributed by atoms with Gasteiger partial charge in [0.1, 0.15) is 0 Å². The molecule has 33 heavy (non-hydrogen) atoms. The minimum Gasteiger partial charge on any atom is -0.322 e. The second kappa shape index (κ2) is 9.73. The highest BCUT2D eigenvalue weighted by Crippen LogP contribution is 2.24. The monoisotopic (exact) mass is 477 g/mol. The van der Waals surface area contributed by atoms with Gasteiger partial charge in [-0.3, -0.25) is 19.0 Å². The zero-order valence-corrected chi connectivity index (χ0v) is 18.6. The van der Waals surface area contributed by atoms with Gasteiger partial charge in [-0.1, -0.05) is 29.3 Å². The maximum absolute atomic E-state index is 12.9. The van der Waals surface area contributed by atoms with Crippen molar-refractivity contribution in [2.45, 2.75) is 0 Å². The van der Waals surface area contributed by atoms with E-state index in [2.05, 4.69) is 10.6 Å². The van der Waals surface area contributed by atoms with Crippen molar-refractivity contribution in [3.8, 4) is 5.69 Å². The normalized spacial score (nSPS) is 10.5. The summed E-state index contributed by atoms with van der Waals surface area (Å²) in [6, 6.07) is 22.7. The molecular weight excluding hydrogens is 461 g/mol. The Kier molecular flexibility index (Phi) is 6.58. The molecule has 2 amide bonds. The van der Waals surface area contributed by atoms with Gasteiger partial charge in [-0.25, -0.2) is 0 Å². The highest BCUT2D eigenvalue weighted by molar-refractivity contribution is 6.31. The summed E-state index contributed by atoms with van der Waals surface area (Å²) in [5.74, 6) is -0.830. The summed E-state index contributed by atoms with van der Waals surface area (Å²) in [6.07, 6.45) is 1.67. The fraction of sp³-hybridized carbons (Fsp3) is 0. The van der Waals surface area contributed by atoms with Crippen molar-refractivity contribution in [1.82, 2.24) is 4.57 Å². The van der Waals surface area contributed by atoms with E-state index in [0.717, 1.165) is 0 Å². The maximum atomic E-state index is 12.9. The molecule has 4 rings (SSSR count). The molecular formula is C25H17Cl2N3O3. The Balaban J connectivity index is 1.54. The number of hydrogen-bond acceptors (Lipinski definition) is 3. The van der Waals surface area contributed by atoms with Gasteiger partial charge in [-0.15, -0.1) is 0 Å². The van der Waals surface area contributed by atoms with E-state index in [-0.39, 0.29) is 16.8 Å². The van der Waals surface area contributed by atoms with Gasteiger partial charge in [0, 0.05) is 39.2 Å². The minimum atomic E-state index is -0.428. The van der Waals surface area contributed by atoms with Crippen molar-refractivity contribution in [2.75, 3.05) is 10.6 Å². The molecule has 1 heterocycles. The lowest BCUT2D eigenvalue weighted by atomic mass is 10.1. The molecule has 0 unspecified atom stereocenters. The summed E-state index contributed by atoms with van der Waals surface area (Å²) in [4.78, 5) is 37.5. The first-order valence-electron chi connectivity index (χ1n) is 9.87. The molecule has 0 aliphatic rings. The SMILES string of the molecule is O=C(Nc1cc(Cl)ccc1C(=O)Nc1ccc(-n2ccccc2=O)cc1)c1ccc(Cl)cc1. The van der Waals surface area contributed by atoms with E-state index in [0.29, 0.717) is 27.0 Å². The third kappa shape index (κ3) is 5.31. The third-order valence-electron chi connectivity index (χ3n) is 4.81. The standard InChI is InChI=1S/C25H17Cl2N3O3/c26-17-6-4-16(5-7-17)24(32)29-22-15-18(27)8-13-21(22)25(33)28-19-9-11-20(12-10-19)30-14-2-1-3-23(30)31/h1-15H,(H,28,33)(H,29,32). The molecule has 6 nitrogen and oxygen atoms in total. The Labute approximate surface area is 199 Å². The molecule has 2 N–H and O–H groups in total. The van der Waals surface area contributed by atoms with Crippen molar-refractivity contribution < 1.29 is 9.59 Å². The fourth-order valence-corrected chi connectivity index (χ4v) is 3.46. The van der Waals surface area contributed by atoms with Crippen LogP contribution < -0.4 is 16.2 Å². The average Bonchev–Trinajstić information content (AvgIpc) is 2.80. The number of pyridine rings is 1. The molecule has 0 fully saturated rings. The number of carbonyl (C=O) groups is 2. The van der Waals surface area contributed by atoms with E-state index in [1.54, 1.807) is 72.9 Å². The molecule has 1 aromatic heterocycles. The summed E-state index contributed by atoms with van der Waals surface area (Å²) in [7, 11) is 0. The van der Waals surface area contributed by atoms with Crippen LogP contribution in [0.2, 0.25) is 10.0 Å². The van der Waals surface area contributed by atoms with E-state index in [1.165, 1.54) is 22.8 Å². The molecule has 8 heteroatoms. The predicted molar refractivity (Wildman–Crippen MR) is 131 cm³/mol. The van der Waals surface area contributed by atoms with Crippen molar-refractivity contribution in [2.24, 2.45) is 0 Å².